The van der Waals surface area contributed by atoms with E-state index in [1.54, 1.807) is 0 Å². The third-order valence-corrected chi connectivity index (χ3v) is 3.60. The Hall–Kier alpha value is -1.02. The fraction of sp³-hybridized carbons (Fsp3) is 0.600. The molecular weight excluding hydrogens is 210 g/mol. The van der Waals surface area contributed by atoms with E-state index in [-0.39, 0.29) is 12.1 Å². The molecule has 1 aliphatic rings. The van der Waals surface area contributed by atoms with E-state index in [4.69, 9.17) is 0 Å². The van der Waals surface area contributed by atoms with Gasteiger partial charge >= 0.3 is 0 Å². The van der Waals surface area contributed by atoms with Crippen LogP contribution in [0.2, 0.25) is 0 Å². The Morgan fingerprint density at radius 3 is 2.59 bits per heavy atom. The van der Waals surface area contributed by atoms with Crippen LogP contribution >= 0.6 is 0 Å². The first-order valence-electron chi connectivity index (χ1n) is 6.83. The molecule has 0 unspecified atom stereocenters. The Balaban J connectivity index is 1.89. The van der Waals surface area contributed by atoms with Crippen molar-refractivity contribution in [3.63, 3.8) is 0 Å². The average Bonchev–Trinajstić information content (AvgIpc) is 2.74. The van der Waals surface area contributed by atoms with Gasteiger partial charge in [-0.25, -0.2) is 0 Å². The Kier molecular flexibility index (Phi) is 4.43. The highest BCUT2D eigenvalue weighted by molar-refractivity contribution is 5.45. The normalized spacial score (nSPS) is 23.9. The number of nitrogens with one attached hydrogen (secondary N) is 1. The molecule has 2 N–H and O–H groups in total. The van der Waals surface area contributed by atoms with Gasteiger partial charge in [-0.3, -0.25) is 0 Å². The van der Waals surface area contributed by atoms with Gasteiger partial charge < -0.3 is 10.4 Å². The third kappa shape index (κ3) is 3.47. The lowest BCUT2D eigenvalue weighted by molar-refractivity contribution is 0.172. The highest BCUT2D eigenvalue weighted by Gasteiger charge is 2.24. The smallest absolute Gasteiger partial charge is 0.0741 e. The van der Waals surface area contributed by atoms with Gasteiger partial charge in [-0.2, -0.15) is 0 Å². The van der Waals surface area contributed by atoms with E-state index in [2.05, 4.69) is 36.5 Å². The maximum atomic E-state index is 9.76. The van der Waals surface area contributed by atoms with Crippen LogP contribution in [0.3, 0.4) is 0 Å². The maximum absolute atomic E-state index is 9.76. The minimum atomic E-state index is -0.172. The van der Waals surface area contributed by atoms with E-state index >= 15 is 0 Å². The molecule has 0 spiro atoms. The molecule has 0 bridgehead atoms. The van der Waals surface area contributed by atoms with Gasteiger partial charge in [0.15, 0.2) is 0 Å². The number of aryl methyl sites for hydroxylation is 1. The van der Waals surface area contributed by atoms with Gasteiger partial charge in [-0.15, -0.1) is 0 Å². The summed E-state index contributed by atoms with van der Waals surface area (Å²) in [7, 11) is 0. The molecule has 17 heavy (non-hydrogen) atoms. The molecule has 94 valence electrons. The number of unbranched alkanes of at least 4 members (excludes halogenated alkanes) is 1. The molecule has 2 atom stereocenters. The van der Waals surface area contributed by atoms with Gasteiger partial charge in [0.05, 0.1) is 12.1 Å². The molecule has 2 nitrogen and oxygen atoms in total. The standard InChI is InChI=1S/C15H23NO/c1-2-3-5-12-8-10-13(11-9-12)16-14-6-4-7-15(14)17/h8-11,14-17H,2-7H2,1H3/t14-,15-/m0/s1. The first-order valence-corrected chi connectivity index (χ1v) is 6.83. The Labute approximate surface area is 104 Å². The van der Waals surface area contributed by atoms with Crippen LogP contribution in [0.4, 0.5) is 5.69 Å². The van der Waals surface area contributed by atoms with Crippen molar-refractivity contribution in [2.45, 2.75) is 57.6 Å². The monoisotopic (exact) mass is 233 g/mol. The molecule has 0 saturated heterocycles. The van der Waals surface area contributed by atoms with Crippen molar-refractivity contribution in [2.24, 2.45) is 0 Å². The molecule has 2 heteroatoms. The van der Waals surface area contributed by atoms with Gasteiger partial charge in [0.25, 0.3) is 0 Å². The SMILES string of the molecule is CCCCc1ccc(N[C@H]2CCC[C@@H]2O)cc1. The summed E-state index contributed by atoms with van der Waals surface area (Å²) in [6.45, 7) is 2.22. The van der Waals surface area contributed by atoms with Crippen molar-refractivity contribution in [2.75, 3.05) is 5.32 Å². The summed E-state index contributed by atoms with van der Waals surface area (Å²) in [6, 6.07) is 8.90. The number of rotatable bonds is 5. The van der Waals surface area contributed by atoms with Gasteiger partial charge in [-0.05, 0) is 49.8 Å². The second-order valence-corrected chi connectivity index (χ2v) is 5.05. The fourth-order valence-electron chi connectivity index (χ4n) is 2.47. The molecule has 1 aromatic rings. The molecule has 1 aromatic carbocycles. The molecule has 1 aliphatic carbocycles. The summed E-state index contributed by atoms with van der Waals surface area (Å²) >= 11 is 0. The summed E-state index contributed by atoms with van der Waals surface area (Å²) in [4.78, 5) is 0. The molecule has 1 saturated carbocycles. The van der Waals surface area contributed by atoms with E-state index in [9.17, 15) is 5.11 Å². The Bertz CT molecular complexity index is 333. The zero-order valence-electron chi connectivity index (χ0n) is 10.7. The average molecular weight is 233 g/mol. The van der Waals surface area contributed by atoms with E-state index in [1.165, 1.54) is 24.8 Å². The number of hydrogen-bond acceptors (Lipinski definition) is 2. The van der Waals surface area contributed by atoms with Crippen LogP contribution in [0, 0.1) is 0 Å². The number of aliphatic hydroxyl groups excluding tert-OH is 1. The lowest BCUT2D eigenvalue weighted by Crippen LogP contribution is -2.27. The topological polar surface area (TPSA) is 32.3 Å². The highest BCUT2D eigenvalue weighted by Crippen LogP contribution is 2.23. The predicted octanol–water partition coefficient (Wildman–Crippen LogP) is 3.35. The highest BCUT2D eigenvalue weighted by atomic mass is 16.3. The number of anilines is 1. The molecule has 0 radical (unpaired) electrons. The zero-order chi connectivity index (χ0) is 12.1. The molecule has 0 amide bonds. The largest absolute Gasteiger partial charge is 0.391 e. The number of aliphatic hydroxyl groups is 1. The van der Waals surface area contributed by atoms with Crippen LogP contribution in [-0.2, 0) is 6.42 Å². The molecular formula is C15H23NO. The summed E-state index contributed by atoms with van der Waals surface area (Å²) in [5, 5.41) is 13.2. The van der Waals surface area contributed by atoms with Crippen molar-refractivity contribution >= 4 is 5.69 Å². The minimum Gasteiger partial charge on any atom is -0.391 e. The number of hydrogen-bond donors (Lipinski definition) is 2. The van der Waals surface area contributed by atoms with Crippen molar-refractivity contribution < 1.29 is 5.11 Å². The Morgan fingerprint density at radius 1 is 1.24 bits per heavy atom. The van der Waals surface area contributed by atoms with Crippen LogP contribution in [0.5, 0.6) is 0 Å². The first kappa shape index (κ1) is 12.4. The van der Waals surface area contributed by atoms with Crippen molar-refractivity contribution in [1.29, 1.82) is 0 Å². The Morgan fingerprint density at radius 2 is 2.00 bits per heavy atom. The predicted molar refractivity (Wildman–Crippen MR) is 72.3 cm³/mol. The molecule has 0 aliphatic heterocycles. The van der Waals surface area contributed by atoms with Gasteiger partial charge in [0.1, 0.15) is 0 Å². The van der Waals surface area contributed by atoms with E-state index in [0.29, 0.717) is 0 Å². The van der Waals surface area contributed by atoms with E-state index in [1.807, 2.05) is 0 Å². The summed E-state index contributed by atoms with van der Waals surface area (Å²) in [6.07, 6.45) is 6.65. The van der Waals surface area contributed by atoms with E-state index in [0.717, 1.165) is 24.9 Å². The number of benzene rings is 1. The molecule has 2 rings (SSSR count). The molecule has 0 aromatic heterocycles. The van der Waals surface area contributed by atoms with E-state index < -0.39 is 0 Å². The first-order chi connectivity index (χ1) is 8.29. The lowest BCUT2D eigenvalue weighted by atomic mass is 10.1. The van der Waals surface area contributed by atoms with Crippen LogP contribution in [0.15, 0.2) is 24.3 Å². The molecule has 1 fully saturated rings. The second-order valence-electron chi connectivity index (χ2n) is 5.05. The summed E-state index contributed by atoms with van der Waals surface area (Å²) < 4.78 is 0. The van der Waals surface area contributed by atoms with Crippen molar-refractivity contribution in [3.05, 3.63) is 29.8 Å². The van der Waals surface area contributed by atoms with Gasteiger partial charge in [0.2, 0.25) is 0 Å². The summed E-state index contributed by atoms with van der Waals surface area (Å²) in [5.74, 6) is 0. The van der Waals surface area contributed by atoms with Crippen LogP contribution in [0.25, 0.3) is 0 Å². The van der Waals surface area contributed by atoms with Gasteiger partial charge in [-0.1, -0.05) is 25.5 Å². The maximum Gasteiger partial charge on any atom is 0.0741 e. The van der Waals surface area contributed by atoms with Crippen LogP contribution in [0.1, 0.15) is 44.6 Å². The van der Waals surface area contributed by atoms with Gasteiger partial charge in [0, 0.05) is 5.69 Å². The zero-order valence-corrected chi connectivity index (χ0v) is 10.7. The van der Waals surface area contributed by atoms with Crippen molar-refractivity contribution in [1.82, 2.24) is 0 Å². The summed E-state index contributed by atoms with van der Waals surface area (Å²) in [5.41, 5.74) is 2.54. The third-order valence-electron chi connectivity index (χ3n) is 3.60. The fourth-order valence-corrected chi connectivity index (χ4v) is 2.47. The second kappa shape index (κ2) is 6.06. The van der Waals surface area contributed by atoms with Crippen LogP contribution < -0.4 is 5.32 Å². The quantitative estimate of drug-likeness (QED) is 0.817. The van der Waals surface area contributed by atoms with Crippen molar-refractivity contribution in [3.8, 4) is 0 Å². The lowest BCUT2D eigenvalue weighted by Gasteiger charge is -2.17. The molecule has 0 heterocycles. The minimum absolute atomic E-state index is 0.172. The van der Waals surface area contributed by atoms with Crippen LogP contribution in [-0.4, -0.2) is 17.3 Å².